The Kier molecular flexibility index (Phi) is 5.32. The minimum absolute atomic E-state index is 0.403. The van der Waals surface area contributed by atoms with Crippen molar-refractivity contribution < 1.29 is 0 Å². The predicted molar refractivity (Wildman–Crippen MR) is 112 cm³/mol. The predicted octanol–water partition coefficient (Wildman–Crippen LogP) is 5.61. The van der Waals surface area contributed by atoms with Gasteiger partial charge in [0.25, 0.3) is 0 Å². The Hall–Kier alpha value is -1.02. The van der Waals surface area contributed by atoms with Crippen LogP contribution in [0.25, 0.3) is 0 Å². The number of aryl methyl sites for hydroxylation is 1. The van der Waals surface area contributed by atoms with E-state index in [1.807, 2.05) is 0 Å². The van der Waals surface area contributed by atoms with Gasteiger partial charge in [-0.1, -0.05) is 50.8 Å². The second-order valence-corrected chi connectivity index (χ2v) is 9.78. The topological polar surface area (TPSA) is 15.3 Å². The third-order valence-electron chi connectivity index (χ3n) is 7.74. The Bertz CT molecular complexity index is 615. The van der Waals surface area contributed by atoms with Crippen molar-refractivity contribution in [2.45, 2.75) is 71.1 Å². The average molecular weight is 355 g/mol. The van der Waals surface area contributed by atoms with Crippen LogP contribution in [0.3, 0.4) is 0 Å². The van der Waals surface area contributed by atoms with E-state index in [1.165, 1.54) is 75.8 Å². The molecule has 2 aliphatic heterocycles. The molecule has 26 heavy (non-hydrogen) atoms. The Morgan fingerprint density at radius 3 is 2.69 bits per heavy atom. The summed E-state index contributed by atoms with van der Waals surface area (Å²) in [5, 5.41) is 3.69. The van der Waals surface area contributed by atoms with Gasteiger partial charge in [0, 0.05) is 24.2 Å². The normalized spacial score (nSPS) is 31.4. The maximum absolute atomic E-state index is 3.69. The number of fused-ring (bicyclic) bond motifs is 2. The van der Waals surface area contributed by atoms with Gasteiger partial charge in [-0.05, 0) is 75.1 Å². The number of anilines is 1. The Morgan fingerprint density at radius 1 is 1.12 bits per heavy atom. The largest absolute Gasteiger partial charge is 0.384 e. The maximum Gasteiger partial charge on any atom is 0.0379 e. The molecule has 0 aromatic heterocycles. The molecule has 2 fully saturated rings. The van der Waals surface area contributed by atoms with Gasteiger partial charge in [0.15, 0.2) is 0 Å². The highest BCUT2D eigenvalue weighted by Crippen LogP contribution is 2.44. The summed E-state index contributed by atoms with van der Waals surface area (Å²) in [5.41, 5.74) is 4.81. The van der Waals surface area contributed by atoms with E-state index in [-0.39, 0.29) is 0 Å². The Balaban J connectivity index is 1.38. The molecule has 2 nitrogen and oxygen atoms in total. The van der Waals surface area contributed by atoms with Crippen molar-refractivity contribution in [1.29, 1.82) is 0 Å². The molecule has 2 heteroatoms. The van der Waals surface area contributed by atoms with Crippen LogP contribution in [0.5, 0.6) is 0 Å². The minimum atomic E-state index is 0.403. The number of piperidine rings is 1. The van der Waals surface area contributed by atoms with Crippen molar-refractivity contribution >= 4 is 5.69 Å². The third kappa shape index (κ3) is 3.67. The first-order valence-electron chi connectivity index (χ1n) is 11.2. The van der Waals surface area contributed by atoms with Crippen molar-refractivity contribution in [3.8, 4) is 0 Å². The molecule has 1 aromatic carbocycles. The van der Waals surface area contributed by atoms with E-state index in [0.29, 0.717) is 5.41 Å². The van der Waals surface area contributed by atoms with Gasteiger partial charge in [-0.25, -0.2) is 0 Å². The van der Waals surface area contributed by atoms with Gasteiger partial charge in [-0.15, -0.1) is 0 Å². The fourth-order valence-corrected chi connectivity index (χ4v) is 6.00. The maximum atomic E-state index is 3.69. The van der Waals surface area contributed by atoms with E-state index in [1.54, 1.807) is 5.56 Å². The molecule has 1 saturated heterocycles. The lowest BCUT2D eigenvalue weighted by molar-refractivity contribution is 0.135. The van der Waals surface area contributed by atoms with Crippen LogP contribution in [0, 0.1) is 24.7 Å². The summed E-state index contributed by atoms with van der Waals surface area (Å²) < 4.78 is 0. The molecule has 3 aliphatic rings. The van der Waals surface area contributed by atoms with Gasteiger partial charge in [0.1, 0.15) is 0 Å². The van der Waals surface area contributed by atoms with E-state index in [9.17, 15) is 0 Å². The molecule has 0 amide bonds. The molecule has 0 radical (unpaired) electrons. The van der Waals surface area contributed by atoms with Gasteiger partial charge in [0.05, 0.1) is 0 Å². The molecule has 4 rings (SSSR count). The van der Waals surface area contributed by atoms with Crippen LogP contribution < -0.4 is 5.32 Å². The molecule has 3 unspecified atom stereocenters. The fourth-order valence-electron chi connectivity index (χ4n) is 6.00. The fraction of sp³-hybridized carbons (Fsp3) is 0.750. The first-order chi connectivity index (χ1) is 12.6. The van der Waals surface area contributed by atoms with Gasteiger partial charge < -0.3 is 10.2 Å². The highest BCUT2D eigenvalue weighted by molar-refractivity contribution is 5.61. The molecule has 1 N–H and O–H groups in total. The number of nitrogens with zero attached hydrogens (tertiary/aromatic N) is 1. The zero-order valence-electron chi connectivity index (χ0n) is 17.2. The summed E-state index contributed by atoms with van der Waals surface area (Å²) in [7, 11) is 0. The van der Waals surface area contributed by atoms with E-state index in [4.69, 9.17) is 0 Å². The van der Waals surface area contributed by atoms with Crippen molar-refractivity contribution in [1.82, 2.24) is 4.90 Å². The van der Waals surface area contributed by atoms with Crippen LogP contribution >= 0.6 is 0 Å². The highest BCUT2D eigenvalue weighted by Gasteiger charge is 2.41. The first kappa shape index (κ1) is 18.3. The van der Waals surface area contributed by atoms with Crippen LogP contribution in [0.1, 0.15) is 69.9 Å². The summed E-state index contributed by atoms with van der Waals surface area (Å²) in [6.45, 7) is 12.2. The molecule has 3 atom stereocenters. The Morgan fingerprint density at radius 2 is 1.92 bits per heavy atom. The molecule has 1 spiro atoms. The summed E-state index contributed by atoms with van der Waals surface area (Å²) in [6.07, 6.45) is 9.91. The summed E-state index contributed by atoms with van der Waals surface area (Å²) in [5.74, 6) is 2.85. The lowest BCUT2D eigenvalue weighted by Crippen LogP contribution is -2.45. The molecule has 0 bridgehead atoms. The quantitative estimate of drug-likeness (QED) is 0.710. The van der Waals surface area contributed by atoms with Crippen LogP contribution in [0.4, 0.5) is 5.69 Å². The van der Waals surface area contributed by atoms with E-state index in [2.05, 4.69) is 49.2 Å². The van der Waals surface area contributed by atoms with Crippen molar-refractivity contribution in [3.05, 3.63) is 29.3 Å². The summed E-state index contributed by atoms with van der Waals surface area (Å²) in [6, 6.07) is 6.99. The van der Waals surface area contributed by atoms with E-state index in [0.717, 1.165) is 24.3 Å². The number of nitrogens with one attached hydrogen (secondary N) is 1. The smallest absolute Gasteiger partial charge is 0.0379 e. The zero-order valence-corrected chi connectivity index (χ0v) is 17.2. The summed E-state index contributed by atoms with van der Waals surface area (Å²) >= 11 is 0. The molecule has 1 saturated carbocycles. The van der Waals surface area contributed by atoms with Gasteiger partial charge >= 0.3 is 0 Å². The highest BCUT2D eigenvalue weighted by atomic mass is 15.1. The van der Waals surface area contributed by atoms with Crippen molar-refractivity contribution in [2.24, 2.45) is 17.8 Å². The monoisotopic (exact) mass is 354 g/mol. The van der Waals surface area contributed by atoms with Gasteiger partial charge in [0.2, 0.25) is 0 Å². The molecular weight excluding hydrogens is 316 g/mol. The van der Waals surface area contributed by atoms with Gasteiger partial charge in [-0.3, -0.25) is 0 Å². The number of hydrogen-bond acceptors (Lipinski definition) is 2. The lowest BCUT2D eigenvalue weighted by Gasteiger charge is -2.41. The molecule has 1 aliphatic carbocycles. The standard InChI is InChI=1S/C24H38N2/c1-4-20-7-5-18(2)13-21(15-20)16-26-11-9-24(10-12-26)17-25-23-8-6-19(3)14-22(23)24/h6,8,14,18,20-21,25H,4-5,7,9-13,15-17H2,1-3H3. The lowest BCUT2D eigenvalue weighted by atomic mass is 9.74. The van der Waals surface area contributed by atoms with E-state index >= 15 is 0 Å². The number of likely N-dealkylation sites (tertiary alicyclic amines) is 1. The first-order valence-corrected chi connectivity index (χ1v) is 11.2. The average Bonchev–Trinajstić information content (AvgIpc) is 2.86. The molecule has 2 heterocycles. The van der Waals surface area contributed by atoms with E-state index < -0.39 is 0 Å². The zero-order chi connectivity index (χ0) is 18.1. The van der Waals surface area contributed by atoms with Crippen LogP contribution in [-0.4, -0.2) is 31.1 Å². The number of rotatable bonds is 3. The summed E-state index contributed by atoms with van der Waals surface area (Å²) in [4.78, 5) is 2.80. The third-order valence-corrected chi connectivity index (χ3v) is 7.74. The van der Waals surface area contributed by atoms with Gasteiger partial charge in [-0.2, -0.15) is 0 Å². The number of benzene rings is 1. The second kappa shape index (κ2) is 7.54. The molecular formula is C24H38N2. The molecule has 1 aromatic rings. The molecule has 144 valence electrons. The minimum Gasteiger partial charge on any atom is -0.384 e. The second-order valence-electron chi connectivity index (χ2n) is 9.78. The Labute approximate surface area is 160 Å². The number of hydrogen-bond donors (Lipinski definition) is 1. The van der Waals surface area contributed by atoms with Crippen LogP contribution in [0.2, 0.25) is 0 Å². The SMILES string of the molecule is CCC1CCC(C)CC(CN2CCC3(CC2)CNc2ccc(C)cc23)C1. The van der Waals surface area contributed by atoms with Crippen molar-refractivity contribution in [2.75, 3.05) is 31.5 Å². The van der Waals surface area contributed by atoms with Crippen LogP contribution in [0.15, 0.2) is 18.2 Å². The van der Waals surface area contributed by atoms with Crippen LogP contribution in [-0.2, 0) is 5.41 Å². The van der Waals surface area contributed by atoms with Crippen molar-refractivity contribution in [3.63, 3.8) is 0 Å².